The van der Waals surface area contributed by atoms with Gasteiger partial charge >= 0.3 is 6.01 Å². The van der Waals surface area contributed by atoms with Crippen LogP contribution in [-0.4, -0.2) is 39.5 Å². The Morgan fingerprint density at radius 2 is 1.83 bits per heavy atom. The molecule has 4 aromatic rings. The van der Waals surface area contributed by atoms with Crippen LogP contribution in [0.3, 0.4) is 0 Å². The molecule has 6 nitrogen and oxygen atoms in total. The van der Waals surface area contributed by atoms with E-state index in [1.807, 2.05) is 56.3 Å². The summed E-state index contributed by atoms with van der Waals surface area (Å²) in [6, 6.07) is 18.2. The highest BCUT2D eigenvalue weighted by atomic mass is 19.1. The molecule has 0 spiro atoms. The van der Waals surface area contributed by atoms with E-state index in [9.17, 15) is 9.18 Å². The van der Waals surface area contributed by atoms with Crippen molar-refractivity contribution in [3.8, 4) is 11.8 Å². The SMILES string of the molecule is CC(C)Oc1cnc(OCC2Cc3cc(F)ccc3CN2C(=O)c2cccc3ccccc23)nc1. The van der Waals surface area contributed by atoms with E-state index in [2.05, 4.69) is 9.97 Å². The summed E-state index contributed by atoms with van der Waals surface area (Å²) in [6.45, 7) is 4.40. The number of carbonyl (C=O) groups is 1. The number of carbonyl (C=O) groups excluding carboxylic acids is 1. The molecule has 0 saturated carbocycles. The third-order valence-electron chi connectivity index (χ3n) is 6.07. The van der Waals surface area contributed by atoms with Gasteiger partial charge < -0.3 is 14.4 Å². The van der Waals surface area contributed by atoms with Crippen LogP contribution in [-0.2, 0) is 13.0 Å². The van der Waals surface area contributed by atoms with Gasteiger partial charge in [0, 0.05) is 12.1 Å². The van der Waals surface area contributed by atoms with Crippen LogP contribution in [0.4, 0.5) is 4.39 Å². The average molecular weight is 472 g/mol. The van der Waals surface area contributed by atoms with Gasteiger partial charge in [0.15, 0.2) is 5.75 Å². The fourth-order valence-corrected chi connectivity index (χ4v) is 4.45. The van der Waals surface area contributed by atoms with Gasteiger partial charge in [-0.1, -0.05) is 42.5 Å². The fourth-order valence-electron chi connectivity index (χ4n) is 4.45. The van der Waals surface area contributed by atoms with Crippen molar-refractivity contribution in [1.82, 2.24) is 14.9 Å². The van der Waals surface area contributed by atoms with Crippen LogP contribution in [0.25, 0.3) is 10.8 Å². The molecular weight excluding hydrogens is 445 g/mol. The van der Waals surface area contributed by atoms with Crippen molar-refractivity contribution in [3.05, 3.63) is 95.6 Å². The van der Waals surface area contributed by atoms with E-state index in [0.717, 1.165) is 21.9 Å². The Kier molecular flexibility index (Phi) is 6.31. The Bertz CT molecular complexity index is 1350. The van der Waals surface area contributed by atoms with Crippen molar-refractivity contribution in [2.45, 2.75) is 39.0 Å². The summed E-state index contributed by atoms with van der Waals surface area (Å²) in [5.41, 5.74) is 2.44. The van der Waals surface area contributed by atoms with E-state index in [4.69, 9.17) is 9.47 Å². The first-order chi connectivity index (χ1) is 17.0. The molecule has 0 bridgehead atoms. The van der Waals surface area contributed by atoms with Crippen molar-refractivity contribution >= 4 is 16.7 Å². The minimum Gasteiger partial charge on any atom is -0.488 e. The second kappa shape index (κ2) is 9.70. The third kappa shape index (κ3) is 4.94. The Morgan fingerprint density at radius 1 is 1.06 bits per heavy atom. The average Bonchev–Trinajstić information content (AvgIpc) is 2.86. The van der Waals surface area contributed by atoms with E-state index in [1.54, 1.807) is 23.4 Å². The molecule has 0 aliphatic carbocycles. The standard InChI is InChI=1S/C28H26FN3O3/c1-18(2)35-24-14-30-28(31-15-24)34-17-23-13-21-12-22(29)11-10-20(21)16-32(23)27(33)26-9-5-7-19-6-3-4-8-25(19)26/h3-12,14-15,18,23H,13,16-17H2,1-2H3. The van der Waals surface area contributed by atoms with E-state index in [1.165, 1.54) is 12.1 Å². The Hall–Kier alpha value is -4.00. The van der Waals surface area contributed by atoms with E-state index < -0.39 is 0 Å². The number of fused-ring (bicyclic) bond motifs is 2. The highest BCUT2D eigenvalue weighted by Gasteiger charge is 2.32. The molecule has 7 heteroatoms. The lowest BCUT2D eigenvalue weighted by Gasteiger charge is -2.37. The molecule has 0 radical (unpaired) electrons. The molecule has 0 fully saturated rings. The molecule has 1 aromatic heterocycles. The molecule has 3 aromatic carbocycles. The number of nitrogens with zero attached hydrogens (tertiary/aromatic N) is 3. The van der Waals surface area contributed by atoms with Gasteiger partial charge in [-0.05, 0) is 60.4 Å². The summed E-state index contributed by atoms with van der Waals surface area (Å²) in [5, 5.41) is 1.90. The quantitative estimate of drug-likeness (QED) is 0.387. The number of benzene rings is 3. The molecule has 1 unspecified atom stereocenters. The third-order valence-corrected chi connectivity index (χ3v) is 6.07. The van der Waals surface area contributed by atoms with Gasteiger partial charge in [-0.25, -0.2) is 4.39 Å². The second-order valence-corrected chi connectivity index (χ2v) is 8.91. The highest BCUT2D eigenvalue weighted by molar-refractivity contribution is 6.07. The van der Waals surface area contributed by atoms with E-state index >= 15 is 0 Å². The first-order valence-corrected chi connectivity index (χ1v) is 11.7. The maximum atomic E-state index is 14.0. The van der Waals surface area contributed by atoms with Gasteiger partial charge in [-0.15, -0.1) is 0 Å². The number of halogens is 1. The van der Waals surface area contributed by atoms with Gasteiger partial charge in [0.2, 0.25) is 0 Å². The van der Waals surface area contributed by atoms with Crippen LogP contribution >= 0.6 is 0 Å². The first-order valence-electron chi connectivity index (χ1n) is 11.7. The molecule has 0 N–H and O–H groups in total. The van der Waals surface area contributed by atoms with Crippen LogP contribution in [0.5, 0.6) is 11.8 Å². The summed E-state index contributed by atoms with van der Waals surface area (Å²) in [5.74, 6) is 0.176. The minimum absolute atomic E-state index is 0.0155. The number of aromatic nitrogens is 2. The van der Waals surface area contributed by atoms with Crippen LogP contribution in [0, 0.1) is 5.82 Å². The lowest BCUT2D eigenvalue weighted by Crippen LogP contribution is -2.47. The van der Waals surface area contributed by atoms with Crippen molar-refractivity contribution in [2.75, 3.05) is 6.61 Å². The molecule has 5 rings (SSSR count). The van der Waals surface area contributed by atoms with E-state index in [-0.39, 0.29) is 36.5 Å². The monoisotopic (exact) mass is 471 g/mol. The predicted molar refractivity (Wildman–Crippen MR) is 131 cm³/mol. The van der Waals surface area contributed by atoms with Gasteiger partial charge in [-0.2, -0.15) is 9.97 Å². The molecular formula is C28H26FN3O3. The van der Waals surface area contributed by atoms with Gasteiger partial charge in [-0.3, -0.25) is 4.79 Å². The lowest BCUT2D eigenvalue weighted by atomic mass is 9.93. The summed E-state index contributed by atoms with van der Waals surface area (Å²) >= 11 is 0. The maximum Gasteiger partial charge on any atom is 0.316 e. The van der Waals surface area contributed by atoms with Gasteiger partial charge in [0.25, 0.3) is 5.91 Å². The summed E-state index contributed by atoms with van der Waals surface area (Å²) in [4.78, 5) is 24.1. The number of amides is 1. The van der Waals surface area contributed by atoms with E-state index in [0.29, 0.717) is 24.3 Å². The minimum atomic E-state index is -0.314. The van der Waals surface area contributed by atoms with Crippen LogP contribution in [0.15, 0.2) is 73.1 Å². The Morgan fingerprint density at radius 3 is 2.63 bits per heavy atom. The molecule has 0 saturated heterocycles. The van der Waals surface area contributed by atoms with Crippen LogP contribution in [0.1, 0.15) is 35.3 Å². The molecule has 2 heterocycles. The normalized spacial score (nSPS) is 15.2. The topological polar surface area (TPSA) is 64.6 Å². The smallest absolute Gasteiger partial charge is 0.316 e. The molecule has 35 heavy (non-hydrogen) atoms. The largest absolute Gasteiger partial charge is 0.488 e. The zero-order chi connectivity index (χ0) is 24.4. The zero-order valence-electron chi connectivity index (χ0n) is 19.6. The molecule has 178 valence electrons. The second-order valence-electron chi connectivity index (χ2n) is 8.91. The first kappa shape index (κ1) is 22.8. The maximum absolute atomic E-state index is 14.0. The van der Waals surface area contributed by atoms with Crippen molar-refractivity contribution < 1.29 is 18.7 Å². The molecule has 1 aliphatic heterocycles. The number of rotatable bonds is 6. The lowest BCUT2D eigenvalue weighted by molar-refractivity contribution is 0.0560. The number of hydrogen-bond acceptors (Lipinski definition) is 5. The number of hydrogen-bond donors (Lipinski definition) is 0. The van der Waals surface area contributed by atoms with Crippen molar-refractivity contribution in [1.29, 1.82) is 0 Å². The summed E-state index contributed by atoms with van der Waals surface area (Å²) < 4.78 is 25.4. The highest BCUT2D eigenvalue weighted by Crippen LogP contribution is 2.28. The summed E-state index contributed by atoms with van der Waals surface area (Å²) in [7, 11) is 0. The Balaban J connectivity index is 1.42. The van der Waals surface area contributed by atoms with Gasteiger partial charge in [0.05, 0.1) is 24.5 Å². The molecule has 1 amide bonds. The Labute approximate surface area is 203 Å². The van der Waals surface area contributed by atoms with Crippen molar-refractivity contribution in [2.24, 2.45) is 0 Å². The zero-order valence-corrected chi connectivity index (χ0v) is 19.6. The predicted octanol–water partition coefficient (Wildman–Crippen LogP) is 5.20. The number of ether oxygens (including phenoxy) is 2. The van der Waals surface area contributed by atoms with Crippen LogP contribution in [0.2, 0.25) is 0 Å². The molecule has 1 aliphatic rings. The molecule has 1 atom stereocenters. The summed E-state index contributed by atoms with van der Waals surface area (Å²) in [6.07, 6.45) is 3.61. The fraction of sp³-hybridized carbons (Fsp3) is 0.250. The van der Waals surface area contributed by atoms with Gasteiger partial charge in [0.1, 0.15) is 12.4 Å². The van der Waals surface area contributed by atoms with Crippen LogP contribution < -0.4 is 9.47 Å². The van der Waals surface area contributed by atoms with Crippen molar-refractivity contribution in [3.63, 3.8) is 0 Å².